The molecule has 6 rings (SSSR count). The molecule has 0 aromatic rings. The van der Waals surface area contributed by atoms with E-state index in [0.29, 0.717) is 35.5 Å². The molecular formula is C42H59N4O15S2+. The second-order valence-electron chi connectivity index (χ2n) is 16.5. The van der Waals surface area contributed by atoms with Crippen LogP contribution in [-0.4, -0.2) is 164 Å². The molecule has 13 unspecified atom stereocenters. The number of hydrogen-bond acceptors (Lipinski definition) is 17. The van der Waals surface area contributed by atoms with E-state index in [-0.39, 0.29) is 84.8 Å². The van der Waals surface area contributed by atoms with Gasteiger partial charge in [0, 0.05) is 54.9 Å². The minimum absolute atomic E-state index is 0.00324. The number of guanidine groups is 1. The average molecular weight is 924 g/mol. The Morgan fingerprint density at radius 2 is 1.97 bits per heavy atom. The van der Waals surface area contributed by atoms with Gasteiger partial charge in [0.2, 0.25) is 12.1 Å². The van der Waals surface area contributed by atoms with Gasteiger partial charge >= 0.3 is 11.9 Å². The molecule has 1 saturated heterocycles. The highest BCUT2D eigenvalue weighted by Crippen LogP contribution is 2.45. The first-order chi connectivity index (χ1) is 30.2. The maximum Gasteiger partial charge on any atom is 0.343 e. The van der Waals surface area contributed by atoms with Crippen LogP contribution in [0.15, 0.2) is 64.2 Å². The molecule has 5 aliphatic heterocycles. The van der Waals surface area contributed by atoms with E-state index in [1.165, 1.54) is 40.1 Å². The van der Waals surface area contributed by atoms with Crippen LogP contribution < -0.4 is 16.0 Å². The number of hydrogen-bond donors (Lipinski definition) is 11. The van der Waals surface area contributed by atoms with E-state index in [1.54, 1.807) is 19.9 Å². The number of carboxylic acid groups (broad SMARTS) is 1. The molecule has 1 aliphatic carbocycles. The lowest BCUT2D eigenvalue weighted by Crippen LogP contribution is -3.14. The lowest BCUT2D eigenvalue weighted by atomic mass is 9.77. The maximum atomic E-state index is 14.6. The molecule has 63 heavy (non-hydrogen) atoms. The number of allylic oxidation sites excluding steroid dienone is 1. The van der Waals surface area contributed by atoms with Crippen molar-refractivity contribution >= 4 is 39.5 Å². The van der Waals surface area contributed by atoms with Crippen LogP contribution in [0.1, 0.15) is 39.5 Å². The normalized spacial score (nSPS) is 35.7. The smallest absolute Gasteiger partial charge is 0.343 e. The molecule has 13 atom stereocenters. The number of nitrogens with two attached hydrogens (primary N) is 1. The minimum atomic E-state index is -2.97. The SMILES string of the molecule is C=CC1C(OC2OC(CO)C(O)C(O)(O)C2OC(C)C)OC=C2C(=O)OC3CCC(CO)C3CSSC3CC#CC(=CC4=C(NC(N)=NCCCO)C(C(=O)O)=C[NH+](C4)C3CO)C21. The van der Waals surface area contributed by atoms with Crippen LogP contribution in [0.5, 0.6) is 0 Å². The number of carbonyl (C=O) groups is 2. The first-order valence-electron chi connectivity index (χ1n) is 21.0. The largest absolute Gasteiger partial charge is 0.477 e. The van der Waals surface area contributed by atoms with Crippen LogP contribution >= 0.6 is 21.6 Å². The zero-order valence-corrected chi connectivity index (χ0v) is 36.7. The summed E-state index contributed by atoms with van der Waals surface area (Å²) < 4.78 is 30.4. The van der Waals surface area contributed by atoms with Gasteiger partial charge < -0.3 is 75.6 Å². The Bertz CT molecular complexity index is 1910. The number of rotatable bonds is 13. The molecule has 0 amide bonds. The summed E-state index contributed by atoms with van der Waals surface area (Å²) in [4.78, 5) is 32.5. The standard InChI is InChI=1S/C42H58N4O15S2/c1-4-25-33-22-7-5-8-32(29(17-49)46-14-24(13-22)34(26(15-46)37(52)53)45-41(43)44-11-6-12-47)63-62-20-28-23(16-48)9-10-30(28)59-38(54)27(33)19-57-39(25)61-40-36(58-21(2)3)42(55,56)35(51)31(18-50)60-40/h4,13,15,19,21,23,25,28-33,35-36,39-40,47-51,55-56H,1,6,8-12,14,16-18,20H2,2-3H3,(H,52,53)(H3,43,44,45)/p+1. The number of ether oxygens (including phenoxy) is 5. The zero-order valence-electron chi connectivity index (χ0n) is 35.1. The third-order valence-electron chi connectivity index (χ3n) is 12.1. The van der Waals surface area contributed by atoms with Crippen LogP contribution in [-0.2, 0) is 33.3 Å². The van der Waals surface area contributed by atoms with Crippen molar-refractivity contribution in [2.75, 3.05) is 45.3 Å². The fourth-order valence-electron chi connectivity index (χ4n) is 8.79. The third-order valence-corrected chi connectivity index (χ3v) is 15.0. The summed E-state index contributed by atoms with van der Waals surface area (Å²) in [6, 6.07) is -0.535. The number of esters is 1. The number of aliphatic hydroxyl groups is 7. The molecule has 4 bridgehead atoms. The first kappa shape index (κ1) is 49.0. The quantitative estimate of drug-likeness (QED) is 0.0139. The van der Waals surface area contributed by atoms with Crippen LogP contribution in [0.25, 0.3) is 0 Å². The molecule has 0 radical (unpaired) electrons. The van der Waals surface area contributed by atoms with E-state index >= 15 is 0 Å². The number of nitrogens with zero attached hydrogens (tertiary/aromatic N) is 1. The van der Waals surface area contributed by atoms with Crippen molar-refractivity contribution in [3.05, 3.63) is 59.2 Å². The van der Waals surface area contributed by atoms with E-state index in [2.05, 4.69) is 28.7 Å². The summed E-state index contributed by atoms with van der Waals surface area (Å²) in [6.45, 7) is 6.19. The van der Waals surface area contributed by atoms with E-state index < -0.39 is 85.3 Å². The average Bonchev–Trinajstić information content (AvgIpc) is 3.63. The van der Waals surface area contributed by atoms with Crippen molar-refractivity contribution in [1.82, 2.24) is 5.32 Å². The summed E-state index contributed by atoms with van der Waals surface area (Å²) in [6.07, 6.45) is -2.10. The fourth-order valence-corrected chi connectivity index (χ4v) is 12.1. The lowest BCUT2D eigenvalue weighted by molar-refractivity contribution is -0.870. The van der Waals surface area contributed by atoms with Gasteiger partial charge in [0.05, 0.1) is 48.0 Å². The van der Waals surface area contributed by atoms with Crippen molar-refractivity contribution in [3.63, 3.8) is 0 Å². The van der Waals surface area contributed by atoms with Gasteiger partial charge in [-0.3, -0.25) is 9.89 Å². The second kappa shape index (κ2) is 21.7. The molecule has 6 aliphatic rings. The van der Waals surface area contributed by atoms with Crippen LogP contribution in [0.2, 0.25) is 0 Å². The Balaban J connectivity index is 1.54. The van der Waals surface area contributed by atoms with Gasteiger partial charge in [0.15, 0.2) is 18.4 Å². The summed E-state index contributed by atoms with van der Waals surface area (Å²) in [5.74, 6) is -0.605. The van der Waals surface area contributed by atoms with Crippen LogP contribution in [0, 0.1) is 35.5 Å². The highest BCUT2D eigenvalue weighted by atomic mass is 33.1. The number of aliphatic carboxylic acids is 1. The molecule has 12 N–H and O–H groups in total. The Kier molecular flexibility index (Phi) is 16.9. The molecule has 0 spiro atoms. The van der Waals surface area contributed by atoms with Crippen LogP contribution in [0.3, 0.4) is 0 Å². The number of fused-ring (bicyclic) bond motifs is 8. The Hall–Kier alpha value is -3.47. The number of carboxylic acids is 1. The van der Waals surface area contributed by atoms with Crippen molar-refractivity contribution < 1.29 is 79.0 Å². The highest BCUT2D eigenvalue weighted by molar-refractivity contribution is 8.77. The Morgan fingerprint density at radius 3 is 2.63 bits per heavy atom. The van der Waals surface area contributed by atoms with E-state index in [1.807, 2.05) is 0 Å². The Morgan fingerprint density at radius 1 is 1.19 bits per heavy atom. The van der Waals surface area contributed by atoms with Crippen molar-refractivity contribution in [2.45, 2.75) is 99.7 Å². The topological polar surface area (TPSA) is 297 Å². The van der Waals surface area contributed by atoms with Crippen molar-refractivity contribution in [2.24, 2.45) is 34.4 Å². The van der Waals surface area contributed by atoms with Gasteiger partial charge in [-0.2, -0.15) is 0 Å². The minimum Gasteiger partial charge on any atom is -0.477 e. The number of quaternary nitrogens is 1. The predicted molar refractivity (Wildman–Crippen MR) is 228 cm³/mol. The van der Waals surface area contributed by atoms with Gasteiger partial charge in [0.25, 0.3) is 0 Å². The molecule has 2 fully saturated rings. The molecule has 21 heteroatoms. The number of aliphatic hydroxyl groups excluding tert-OH is 5. The van der Waals surface area contributed by atoms with E-state index in [9.17, 15) is 50.4 Å². The fraction of sp³-hybridized carbons (Fsp3) is 0.643. The molecular weight excluding hydrogens is 865 g/mol. The lowest BCUT2D eigenvalue weighted by Gasteiger charge is -2.48. The summed E-state index contributed by atoms with van der Waals surface area (Å²) in [7, 11) is 3.01. The monoisotopic (exact) mass is 923 g/mol. The first-order valence-corrected chi connectivity index (χ1v) is 23.4. The summed E-state index contributed by atoms with van der Waals surface area (Å²) in [5.41, 5.74) is 6.86. The van der Waals surface area contributed by atoms with Crippen molar-refractivity contribution in [3.8, 4) is 11.8 Å². The maximum absolute atomic E-state index is 14.6. The predicted octanol–water partition coefficient (Wildman–Crippen LogP) is -1.99. The van der Waals surface area contributed by atoms with E-state index in [0.717, 1.165) is 0 Å². The summed E-state index contributed by atoms with van der Waals surface area (Å²) >= 11 is 0. The molecule has 0 aromatic carbocycles. The molecule has 1 saturated carbocycles. The number of aliphatic imine (C=N–C) groups is 1. The third kappa shape index (κ3) is 10.8. The second-order valence-corrected chi connectivity index (χ2v) is 19.1. The van der Waals surface area contributed by atoms with Gasteiger partial charge in [-0.15, -0.1) is 6.58 Å². The van der Waals surface area contributed by atoms with Crippen molar-refractivity contribution in [1.29, 1.82) is 0 Å². The zero-order chi connectivity index (χ0) is 45.6. The molecule has 5 heterocycles. The Labute approximate surface area is 373 Å². The van der Waals surface area contributed by atoms with Gasteiger partial charge in [0.1, 0.15) is 42.7 Å². The van der Waals surface area contributed by atoms with Crippen LogP contribution in [0.4, 0.5) is 0 Å². The number of nitrogens with one attached hydrogen (secondary N) is 2. The summed E-state index contributed by atoms with van der Waals surface area (Å²) in [5, 5.41) is 87.0. The molecule has 348 valence electrons. The van der Waals surface area contributed by atoms with E-state index in [4.69, 9.17) is 29.4 Å². The molecule has 19 nitrogen and oxygen atoms in total. The molecule has 0 aromatic heterocycles. The van der Waals surface area contributed by atoms with Gasteiger partial charge in [-0.05, 0) is 45.1 Å². The highest BCUT2D eigenvalue weighted by Gasteiger charge is 2.58. The number of carbonyl (C=O) groups excluding carboxylic acids is 1. The van der Waals surface area contributed by atoms with Gasteiger partial charge in [-0.25, -0.2) is 9.59 Å². The van der Waals surface area contributed by atoms with Gasteiger partial charge in [-0.1, -0.05) is 39.5 Å².